The number of fused-ring (bicyclic) bond motifs is 5. The largest absolute Gasteiger partial charge is 0.524 e. The summed E-state index contributed by atoms with van der Waals surface area (Å²) in [7, 11) is -3.28. The molecule has 51 heavy (non-hydrogen) atoms. The van der Waals surface area contributed by atoms with Gasteiger partial charge in [-0.15, -0.1) is 0 Å². The molecular formula is C35H48N3O12P. The highest BCUT2D eigenvalue weighted by atomic mass is 31.2. The van der Waals surface area contributed by atoms with Crippen LogP contribution in [0.5, 0.6) is 17.2 Å². The third-order valence-electron chi connectivity index (χ3n) is 10.5. The van der Waals surface area contributed by atoms with Crippen LogP contribution < -0.4 is 25.6 Å². The summed E-state index contributed by atoms with van der Waals surface area (Å²) in [6.45, 7) is 3.27. The van der Waals surface area contributed by atoms with Crippen molar-refractivity contribution in [1.29, 1.82) is 0 Å². The van der Waals surface area contributed by atoms with Gasteiger partial charge in [0.05, 0.1) is 45.3 Å². The molecule has 5 unspecified atom stereocenters. The third kappa shape index (κ3) is 9.39. The van der Waals surface area contributed by atoms with Crippen molar-refractivity contribution >= 4 is 31.2 Å². The normalized spacial score (nSPS) is 23.8. The molecule has 2 saturated carbocycles. The van der Waals surface area contributed by atoms with Crippen LogP contribution in [0.15, 0.2) is 30.3 Å². The van der Waals surface area contributed by atoms with Gasteiger partial charge in [0.2, 0.25) is 11.8 Å². The molecule has 15 nitrogen and oxygen atoms in total. The molecule has 0 saturated heterocycles. The highest BCUT2D eigenvalue weighted by Gasteiger charge is 2.55. The van der Waals surface area contributed by atoms with Crippen molar-refractivity contribution in [3.05, 3.63) is 47.0 Å². The molecule has 16 heteroatoms. The van der Waals surface area contributed by atoms with Crippen molar-refractivity contribution in [2.24, 2.45) is 23.0 Å². The van der Waals surface area contributed by atoms with Gasteiger partial charge < -0.3 is 44.9 Å². The number of ether oxygens (including phenoxy) is 4. The number of aryl methyl sites for hydroxylation is 1. The van der Waals surface area contributed by atoms with E-state index in [1.165, 1.54) is 24.8 Å². The lowest BCUT2D eigenvalue weighted by Crippen LogP contribution is -2.45. The number of aromatic hydroxyl groups is 1. The molecule has 2 fully saturated rings. The van der Waals surface area contributed by atoms with Gasteiger partial charge in [-0.05, 0) is 97.1 Å². The van der Waals surface area contributed by atoms with E-state index in [1.54, 1.807) is 12.1 Å². The molecule has 3 aliphatic rings. The molecule has 2 aromatic carbocycles. The summed E-state index contributed by atoms with van der Waals surface area (Å²) in [5.41, 5.74) is 7.46. The number of rotatable bonds is 17. The first kappa shape index (κ1) is 38.5. The molecule has 280 valence electrons. The summed E-state index contributed by atoms with van der Waals surface area (Å²) >= 11 is 0. The zero-order valence-corrected chi connectivity index (χ0v) is 29.8. The van der Waals surface area contributed by atoms with Crippen LogP contribution >= 0.6 is 7.82 Å². The van der Waals surface area contributed by atoms with Gasteiger partial charge in [-0.1, -0.05) is 13.0 Å². The predicted octanol–water partition coefficient (Wildman–Crippen LogP) is 3.39. The molecule has 0 heterocycles. The number of amides is 3. The molecule has 0 radical (unpaired) electrons. The Balaban J connectivity index is 0.945. The summed E-state index contributed by atoms with van der Waals surface area (Å²) in [5.74, 6) is -0.338. The molecule has 0 bridgehead atoms. The molecule has 3 aliphatic carbocycles. The van der Waals surface area contributed by atoms with Gasteiger partial charge in [0.15, 0.2) is 5.75 Å². The van der Waals surface area contributed by atoms with Crippen LogP contribution in [-0.4, -0.2) is 85.4 Å². The Bertz CT molecular complexity index is 1630. The number of phosphoric acid groups is 1. The smallest absolute Gasteiger partial charge is 0.505 e. The van der Waals surface area contributed by atoms with Gasteiger partial charge >= 0.3 is 7.82 Å². The minimum absolute atomic E-state index is 0.00613. The van der Waals surface area contributed by atoms with E-state index in [4.69, 9.17) is 29.2 Å². The van der Waals surface area contributed by atoms with Crippen LogP contribution in [0.4, 0.5) is 5.69 Å². The maximum Gasteiger partial charge on any atom is 0.524 e. The van der Waals surface area contributed by atoms with Gasteiger partial charge in [0, 0.05) is 13.0 Å². The lowest BCUT2D eigenvalue weighted by atomic mass is 9.55. The van der Waals surface area contributed by atoms with Crippen LogP contribution in [-0.2, 0) is 34.8 Å². The highest BCUT2D eigenvalue weighted by molar-refractivity contribution is 7.46. The Labute approximate surface area is 296 Å². The Morgan fingerprint density at radius 1 is 1.00 bits per heavy atom. The first-order chi connectivity index (χ1) is 24.3. The number of hydrogen-bond acceptors (Lipinski definition) is 10. The topological polar surface area (TPSA) is 225 Å². The van der Waals surface area contributed by atoms with Crippen molar-refractivity contribution in [2.75, 3.05) is 52.0 Å². The summed E-state index contributed by atoms with van der Waals surface area (Å²) in [5, 5.41) is 15.6. The Morgan fingerprint density at radius 3 is 2.53 bits per heavy atom. The number of carbonyl (C=O) groups excluding carboxylic acids is 3. The molecule has 7 N–H and O–H groups in total. The zero-order valence-electron chi connectivity index (χ0n) is 28.9. The molecule has 5 rings (SSSR count). The summed E-state index contributed by atoms with van der Waals surface area (Å²) in [6, 6.07) is 8.20. The minimum Gasteiger partial charge on any atom is -0.505 e. The van der Waals surface area contributed by atoms with E-state index in [9.17, 15) is 33.8 Å². The van der Waals surface area contributed by atoms with Crippen molar-refractivity contribution in [3.63, 3.8) is 0 Å². The van der Waals surface area contributed by atoms with Gasteiger partial charge in [-0.2, -0.15) is 0 Å². The molecule has 5 atom stereocenters. The van der Waals surface area contributed by atoms with Crippen molar-refractivity contribution in [2.45, 2.75) is 63.9 Å². The Morgan fingerprint density at radius 2 is 1.78 bits per heavy atom. The van der Waals surface area contributed by atoms with E-state index >= 15 is 0 Å². The molecule has 0 spiro atoms. The highest BCUT2D eigenvalue weighted by Crippen LogP contribution is 2.61. The molecular weight excluding hydrogens is 685 g/mol. The van der Waals surface area contributed by atoms with Gasteiger partial charge in [-0.25, -0.2) is 4.57 Å². The van der Waals surface area contributed by atoms with Crippen LogP contribution in [0.2, 0.25) is 0 Å². The fraction of sp³-hybridized carbons (Fsp3) is 0.571. The van der Waals surface area contributed by atoms with Crippen LogP contribution in [0, 0.1) is 17.3 Å². The van der Waals surface area contributed by atoms with E-state index in [-0.39, 0.29) is 73.0 Å². The second kappa shape index (κ2) is 16.7. The standard InChI is InChI=1S/C35H48N3O12P/c1-35-13-11-24-23-6-4-22(50-51(43,44)45)19-21(23)3-5-25(24)26(35)7-10-29(35)49-15-12-30(39)37-14-16-47-17-18-48-20-31(40)38-27-8-9-28(46-2)32(33(27)41)34(36)42/h4,6,8-9,19,24-26,29,41H,3,5,7,10-18,20H2,1-2H3,(H2,36,42)(H,37,39)(H,38,40)(H2,43,44,45). The van der Waals surface area contributed by atoms with Gasteiger partial charge in [-0.3, -0.25) is 24.2 Å². The fourth-order valence-electron chi connectivity index (χ4n) is 8.28. The van der Waals surface area contributed by atoms with Crippen LogP contribution in [0.25, 0.3) is 0 Å². The van der Waals surface area contributed by atoms with Crippen LogP contribution in [0.1, 0.15) is 72.9 Å². The quantitative estimate of drug-likeness (QED) is 0.0782. The van der Waals surface area contributed by atoms with Gasteiger partial charge in [0.25, 0.3) is 5.91 Å². The number of carbonyl (C=O) groups is 3. The van der Waals surface area contributed by atoms with E-state index in [2.05, 4.69) is 17.6 Å². The SMILES string of the molecule is COc1ccc(NC(=O)COCCOCCNC(=O)CCOC2CCC3C4CCc5cc(OP(=O)(O)O)ccc5C4CCC23C)c(O)c1C(N)=O. The number of anilines is 1. The molecule has 2 aromatic rings. The number of phosphoric ester groups is 1. The zero-order chi connectivity index (χ0) is 36.8. The van der Waals surface area contributed by atoms with Gasteiger partial charge in [0.1, 0.15) is 23.7 Å². The number of primary amides is 1. The average Bonchev–Trinajstić information content (AvgIpc) is 3.41. The maximum absolute atomic E-state index is 12.4. The molecule has 3 amide bonds. The third-order valence-corrected chi connectivity index (χ3v) is 11.0. The van der Waals surface area contributed by atoms with E-state index in [0.717, 1.165) is 44.1 Å². The van der Waals surface area contributed by atoms with E-state index < -0.39 is 25.4 Å². The Kier molecular flexibility index (Phi) is 12.6. The molecule has 0 aliphatic heterocycles. The minimum atomic E-state index is -4.60. The number of nitrogens with one attached hydrogen (secondary N) is 2. The average molecular weight is 734 g/mol. The van der Waals surface area contributed by atoms with Crippen LogP contribution in [0.3, 0.4) is 0 Å². The lowest BCUT2D eigenvalue weighted by molar-refractivity contribution is -0.124. The summed E-state index contributed by atoms with van der Waals surface area (Å²) in [6.07, 6.45) is 6.30. The molecule has 0 aromatic heterocycles. The number of phenols is 1. The number of methoxy groups -OCH3 is 1. The van der Waals surface area contributed by atoms with Crippen molar-refractivity contribution in [3.8, 4) is 17.2 Å². The maximum atomic E-state index is 12.4. The first-order valence-corrected chi connectivity index (χ1v) is 18.7. The number of hydrogen-bond donors (Lipinski definition) is 6. The fourth-order valence-corrected chi connectivity index (χ4v) is 8.66. The number of benzene rings is 2. The van der Waals surface area contributed by atoms with Crippen molar-refractivity contribution < 1.29 is 57.3 Å². The van der Waals surface area contributed by atoms with E-state index in [1.807, 2.05) is 6.07 Å². The van der Waals surface area contributed by atoms with Crippen molar-refractivity contribution in [1.82, 2.24) is 5.32 Å². The number of nitrogens with two attached hydrogens (primary N) is 1. The first-order valence-electron chi connectivity index (χ1n) is 17.2. The summed E-state index contributed by atoms with van der Waals surface area (Å²) in [4.78, 5) is 54.6. The predicted molar refractivity (Wildman–Crippen MR) is 185 cm³/mol. The summed E-state index contributed by atoms with van der Waals surface area (Å²) < 4.78 is 38.2. The monoisotopic (exact) mass is 733 g/mol. The second-order valence-corrected chi connectivity index (χ2v) is 14.7. The Hall–Kier alpha value is -3.72. The second-order valence-electron chi connectivity index (χ2n) is 13.6. The van der Waals surface area contributed by atoms with E-state index in [0.29, 0.717) is 30.9 Å². The lowest BCUT2D eigenvalue weighted by Gasteiger charge is -2.50.